The number of halogens is 1. The number of carboxylic acids is 1. The predicted octanol–water partition coefficient (Wildman–Crippen LogP) is 2.44. The summed E-state index contributed by atoms with van der Waals surface area (Å²) in [5.74, 6) is -0.744. The Morgan fingerprint density at radius 2 is 2.12 bits per heavy atom. The second-order valence-corrected chi connectivity index (χ2v) is 5.05. The van der Waals surface area contributed by atoms with Gasteiger partial charge in [0.25, 0.3) is 0 Å². The Morgan fingerprint density at radius 3 is 2.71 bits per heavy atom. The van der Waals surface area contributed by atoms with Crippen molar-refractivity contribution in [1.29, 1.82) is 0 Å². The highest BCUT2D eigenvalue weighted by molar-refractivity contribution is 6.30. The van der Waals surface area contributed by atoms with E-state index >= 15 is 0 Å². The van der Waals surface area contributed by atoms with Crippen molar-refractivity contribution in [2.45, 2.75) is 24.7 Å². The zero-order chi connectivity index (χ0) is 12.3. The fourth-order valence-electron chi connectivity index (χ4n) is 2.58. The van der Waals surface area contributed by atoms with Crippen LogP contribution in [-0.2, 0) is 10.2 Å². The van der Waals surface area contributed by atoms with Gasteiger partial charge in [-0.2, -0.15) is 0 Å². The van der Waals surface area contributed by atoms with Crippen LogP contribution >= 0.6 is 11.6 Å². The number of carboxylic acid groups (broad SMARTS) is 1. The van der Waals surface area contributed by atoms with E-state index in [2.05, 4.69) is 5.32 Å². The van der Waals surface area contributed by atoms with E-state index in [1.807, 2.05) is 24.3 Å². The molecule has 0 aromatic heterocycles. The number of nitrogens with one attached hydrogen (secondary N) is 1. The molecule has 1 heterocycles. The lowest BCUT2D eigenvalue weighted by Crippen LogP contribution is -2.41. The normalized spacial score (nSPS) is 18.9. The Kier molecular flexibility index (Phi) is 3.69. The lowest BCUT2D eigenvalue weighted by Gasteiger charge is -2.37. The molecule has 1 fully saturated rings. The van der Waals surface area contributed by atoms with Gasteiger partial charge in [-0.1, -0.05) is 23.7 Å². The molecule has 0 atom stereocenters. The van der Waals surface area contributed by atoms with Gasteiger partial charge in [-0.05, 0) is 43.6 Å². The van der Waals surface area contributed by atoms with Gasteiger partial charge in [-0.25, -0.2) is 0 Å². The molecule has 0 amide bonds. The third kappa shape index (κ3) is 2.79. The van der Waals surface area contributed by atoms with E-state index in [0.29, 0.717) is 5.02 Å². The van der Waals surface area contributed by atoms with Crippen molar-refractivity contribution in [3.8, 4) is 0 Å². The first-order chi connectivity index (χ1) is 8.12. The second kappa shape index (κ2) is 5.07. The van der Waals surface area contributed by atoms with E-state index in [0.717, 1.165) is 31.5 Å². The van der Waals surface area contributed by atoms with Crippen LogP contribution in [-0.4, -0.2) is 24.2 Å². The number of benzene rings is 1. The van der Waals surface area contributed by atoms with Crippen LogP contribution in [0.25, 0.3) is 0 Å². The summed E-state index contributed by atoms with van der Waals surface area (Å²) in [6.45, 7) is 1.72. The predicted molar refractivity (Wildman–Crippen MR) is 67.5 cm³/mol. The highest BCUT2D eigenvalue weighted by Crippen LogP contribution is 2.37. The molecule has 1 aliphatic heterocycles. The zero-order valence-electron chi connectivity index (χ0n) is 9.58. The molecule has 2 rings (SSSR count). The Hall–Kier alpha value is -1.06. The summed E-state index contributed by atoms with van der Waals surface area (Å²) < 4.78 is 0. The van der Waals surface area contributed by atoms with Crippen molar-refractivity contribution in [3.63, 3.8) is 0 Å². The first-order valence-corrected chi connectivity index (χ1v) is 6.19. The van der Waals surface area contributed by atoms with Crippen LogP contribution in [0.3, 0.4) is 0 Å². The molecule has 17 heavy (non-hydrogen) atoms. The van der Waals surface area contributed by atoms with Crippen LogP contribution < -0.4 is 5.32 Å². The molecule has 1 aromatic carbocycles. The van der Waals surface area contributed by atoms with Crippen LogP contribution in [0.1, 0.15) is 24.8 Å². The maximum atomic E-state index is 11.1. The molecular weight excluding hydrogens is 238 g/mol. The smallest absolute Gasteiger partial charge is 0.304 e. The number of hydrogen-bond donors (Lipinski definition) is 2. The number of carbonyl (C=O) groups is 1. The van der Waals surface area contributed by atoms with Crippen LogP contribution in [0.2, 0.25) is 5.02 Å². The minimum absolute atomic E-state index is 0.176. The van der Waals surface area contributed by atoms with E-state index in [1.165, 1.54) is 0 Å². The Bertz CT molecular complexity index is 414. The van der Waals surface area contributed by atoms with E-state index in [9.17, 15) is 4.79 Å². The number of aliphatic carboxylic acids is 1. The molecular formula is C13H16ClNO2. The van der Waals surface area contributed by atoms with Gasteiger partial charge in [0, 0.05) is 10.4 Å². The number of hydrogen-bond acceptors (Lipinski definition) is 2. The summed E-state index contributed by atoms with van der Waals surface area (Å²) in [7, 11) is 0. The van der Waals surface area contributed by atoms with Crippen molar-refractivity contribution >= 4 is 17.6 Å². The third-order valence-corrected chi connectivity index (χ3v) is 3.72. The summed E-state index contributed by atoms with van der Waals surface area (Å²) in [4.78, 5) is 11.1. The van der Waals surface area contributed by atoms with E-state index in [4.69, 9.17) is 16.7 Å². The molecule has 92 valence electrons. The molecule has 0 unspecified atom stereocenters. The summed E-state index contributed by atoms with van der Waals surface area (Å²) in [6, 6.07) is 7.60. The standard InChI is InChI=1S/C13H16ClNO2/c14-11-3-1-2-10(8-11)13(9-12(16)17)4-6-15-7-5-13/h1-3,8,15H,4-7,9H2,(H,16,17). The molecule has 1 aliphatic rings. The van der Waals surface area contributed by atoms with E-state index in [1.54, 1.807) is 0 Å². The van der Waals surface area contributed by atoms with E-state index in [-0.39, 0.29) is 11.8 Å². The van der Waals surface area contributed by atoms with Crippen LogP contribution in [0.5, 0.6) is 0 Å². The average Bonchev–Trinajstić information content (AvgIpc) is 2.29. The second-order valence-electron chi connectivity index (χ2n) is 4.61. The van der Waals surface area contributed by atoms with Gasteiger partial charge < -0.3 is 10.4 Å². The molecule has 4 heteroatoms. The topological polar surface area (TPSA) is 49.3 Å². The minimum Gasteiger partial charge on any atom is -0.481 e. The number of rotatable bonds is 3. The van der Waals surface area contributed by atoms with Gasteiger partial charge in [0.2, 0.25) is 0 Å². The summed E-state index contributed by atoms with van der Waals surface area (Å²) in [5, 5.41) is 13.1. The fraction of sp³-hybridized carbons (Fsp3) is 0.462. The van der Waals surface area contributed by atoms with Crippen LogP contribution in [0, 0.1) is 0 Å². The zero-order valence-corrected chi connectivity index (χ0v) is 10.3. The largest absolute Gasteiger partial charge is 0.481 e. The lowest BCUT2D eigenvalue weighted by atomic mass is 9.71. The van der Waals surface area contributed by atoms with E-state index < -0.39 is 5.97 Å². The maximum absolute atomic E-state index is 11.1. The van der Waals surface area contributed by atoms with Gasteiger partial charge in [0.15, 0.2) is 0 Å². The molecule has 0 aliphatic carbocycles. The minimum atomic E-state index is -0.744. The van der Waals surface area contributed by atoms with Gasteiger partial charge in [0.1, 0.15) is 0 Å². The average molecular weight is 254 g/mol. The van der Waals surface area contributed by atoms with Crippen molar-refractivity contribution in [1.82, 2.24) is 5.32 Å². The molecule has 1 aromatic rings. The van der Waals surface area contributed by atoms with Gasteiger partial charge >= 0.3 is 5.97 Å². The van der Waals surface area contributed by atoms with Gasteiger partial charge in [-0.15, -0.1) is 0 Å². The maximum Gasteiger partial charge on any atom is 0.304 e. The Labute approximate surface area is 106 Å². The van der Waals surface area contributed by atoms with Crippen LogP contribution in [0.15, 0.2) is 24.3 Å². The summed E-state index contributed by atoms with van der Waals surface area (Å²) in [5.41, 5.74) is 0.788. The molecule has 2 N–H and O–H groups in total. The van der Waals surface area contributed by atoms with Gasteiger partial charge in [0.05, 0.1) is 6.42 Å². The summed E-state index contributed by atoms with van der Waals surface area (Å²) >= 11 is 6.00. The third-order valence-electron chi connectivity index (χ3n) is 3.49. The SMILES string of the molecule is O=C(O)CC1(c2cccc(Cl)c2)CCNCC1. The molecule has 3 nitrogen and oxygen atoms in total. The quantitative estimate of drug-likeness (QED) is 0.870. The highest BCUT2D eigenvalue weighted by Gasteiger charge is 2.36. The Morgan fingerprint density at radius 1 is 1.41 bits per heavy atom. The highest BCUT2D eigenvalue weighted by atomic mass is 35.5. The van der Waals surface area contributed by atoms with Crippen molar-refractivity contribution in [3.05, 3.63) is 34.9 Å². The molecule has 1 saturated heterocycles. The molecule has 0 radical (unpaired) electrons. The van der Waals surface area contributed by atoms with Crippen molar-refractivity contribution < 1.29 is 9.90 Å². The fourth-order valence-corrected chi connectivity index (χ4v) is 2.77. The monoisotopic (exact) mass is 253 g/mol. The first-order valence-electron chi connectivity index (χ1n) is 5.81. The molecule has 0 spiro atoms. The Balaban J connectivity index is 2.35. The van der Waals surface area contributed by atoms with Crippen LogP contribution in [0.4, 0.5) is 0 Å². The van der Waals surface area contributed by atoms with Crippen molar-refractivity contribution in [2.24, 2.45) is 0 Å². The van der Waals surface area contributed by atoms with Gasteiger partial charge in [-0.3, -0.25) is 4.79 Å². The lowest BCUT2D eigenvalue weighted by molar-refractivity contribution is -0.138. The molecule has 0 saturated carbocycles. The molecule has 0 bridgehead atoms. The summed E-state index contributed by atoms with van der Waals surface area (Å²) in [6.07, 6.45) is 1.87. The first kappa shape index (κ1) is 12.4. The van der Waals surface area contributed by atoms with Crippen molar-refractivity contribution in [2.75, 3.05) is 13.1 Å². The number of piperidine rings is 1.